The molecule has 0 aromatic rings. The molecule has 2 rings (SSSR count). The molecule has 2 aliphatic heterocycles. The molecule has 5 nitrogen and oxygen atoms in total. The van der Waals surface area contributed by atoms with Gasteiger partial charge in [-0.2, -0.15) is 0 Å². The lowest BCUT2D eigenvalue weighted by atomic mass is 9.94. The predicted octanol–water partition coefficient (Wildman–Crippen LogP) is 3.44. The quantitative estimate of drug-likeness (QED) is 0.639. The number of hydrogen-bond acceptors (Lipinski definition) is 5. The molecule has 134 valence electrons. The molecule has 0 saturated carbocycles. The lowest BCUT2D eigenvalue weighted by Crippen LogP contribution is -2.34. The molecule has 2 aliphatic rings. The van der Waals surface area contributed by atoms with Crippen molar-refractivity contribution in [3.05, 3.63) is 0 Å². The van der Waals surface area contributed by atoms with Gasteiger partial charge in [0.05, 0.1) is 18.8 Å². The molecule has 0 bridgehead atoms. The van der Waals surface area contributed by atoms with Crippen LogP contribution in [0.15, 0.2) is 0 Å². The van der Waals surface area contributed by atoms with Gasteiger partial charge in [-0.1, -0.05) is 34.6 Å². The summed E-state index contributed by atoms with van der Waals surface area (Å²) in [6, 6.07) is 0. The number of aldehydes is 1. The summed E-state index contributed by atoms with van der Waals surface area (Å²) < 4.78 is 24.1. The Morgan fingerprint density at radius 1 is 1.00 bits per heavy atom. The molecule has 23 heavy (non-hydrogen) atoms. The second-order valence-corrected chi connectivity index (χ2v) is 6.80. The molecule has 0 aromatic carbocycles. The van der Waals surface area contributed by atoms with E-state index in [0.717, 1.165) is 38.4 Å². The van der Waals surface area contributed by atoms with E-state index in [1.165, 1.54) is 0 Å². The van der Waals surface area contributed by atoms with Crippen molar-refractivity contribution < 1.29 is 23.7 Å². The average Bonchev–Trinajstić information content (AvgIpc) is 3.17. The van der Waals surface area contributed by atoms with Crippen molar-refractivity contribution in [2.45, 2.75) is 96.6 Å². The monoisotopic (exact) mass is 328 g/mol. The van der Waals surface area contributed by atoms with Crippen LogP contribution in [0.4, 0.5) is 0 Å². The summed E-state index contributed by atoms with van der Waals surface area (Å²) in [7, 11) is 0. The van der Waals surface area contributed by atoms with Crippen molar-refractivity contribution in [1.82, 2.24) is 0 Å². The van der Waals surface area contributed by atoms with Crippen LogP contribution in [0.5, 0.6) is 0 Å². The molecule has 0 aliphatic carbocycles. The molecule has 0 amide bonds. The molecule has 4 atom stereocenters. The Morgan fingerprint density at radius 2 is 1.61 bits per heavy atom. The van der Waals surface area contributed by atoms with E-state index in [1.807, 2.05) is 13.8 Å². The van der Waals surface area contributed by atoms with E-state index >= 15 is 0 Å². The zero-order chi connectivity index (χ0) is 17.1. The number of ether oxygens (including phenoxy) is 4. The molecule has 0 aromatic heterocycles. The molecule has 2 heterocycles. The van der Waals surface area contributed by atoms with Gasteiger partial charge in [0.2, 0.25) is 0 Å². The zero-order valence-corrected chi connectivity index (χ0v) is 15.2. The van der Waals surface area contributed by atoms with E-state index in [1.54, 1.807) is 0 Å². The Balaban J connectivity index is 1.98. The number of carbonyl (C=O) groups is 1. The third-order valence-corrected chi connectivity index (χ3v) is 5.42. The Bertz CT molecular complexity index is 389. The second-order valence-electron chi connectivity index (χ2n) is 6.80. The highest BCUT2D eigenvalue weighted by Crippen LogP contribution is 2.39. The summed E-state index contributed by atoms with van der Waals surface area (Å²) in [4.78, 5) is 11.4. The maximum absolute atomic E-state index is 11.4. The van der Waals surface area contributed by atoms with E-state index in [-0.39, 0.29) is 18.1 Å². The molecule has 0 radical (unpaired) electrons. The van der Waals surface area contributed by atoms with Gasteiger partial charge in [-0.05, 0) is 38.0 Å². The van der Waals surface area contributed by atoms with Gasteiger partial charge in [0.25, 0.3) is 0 Å². The van der Waals surface area contributed by atoms with Crippen molar-refractivity contribution >= 4 is 6.29 Å². The molecular formula is C18H32O5. The first-order chi connectivity index (χ1) is 11.0. The molecule has 4 unspecified atom stereocenters. The Kier molecular flexibility index (Phi) is 6.22. The van der Waals surface area contributed by atoms with E-state index < -0.39 is 17.7 Å². The number of carbonyl (C=O) groups excluding carboxylic acids is 1. The third-order valence-electron chi connectivity index (χ3n) is 5.42. The van der Waals surface area contributed by atoms with Crippen molar-refractivity contribution in [2.24, 2.45) is 5.92 Å². The fourth-order valence-electron chi connectivity index (χ4n) is 3.69. The van der Waals surface area contributed by atoms with Crippen molar-refractivity contribution in [2.75, 3.05) is 6.61 Å². The SMILES string of the molecule is CCC1(CC)OCC(CC(C)C2OC(CC)(CC)OC2C=O)O1. The van der Waals surface area contributed by atoms with Crippen LogP contribution in [-0.4, -0.2) is 42.8 Å². The Morgan fingerprint density at radius 3 is 2.09 bits per heavy atom. The molecule has 2 fully saturated rings. The highest BCUT2D eigenvalue weighted by molar-refractivity contribution is 5.57. The molecular weight excluding hydrogens is 296 g/mol. The van der Waals surface area contributed by atoms with Gasteiger partial charge >= 0.3 is 0 Å². The lowest BCUT2D eigenvalue weighted by Gasteiger charge is -2.28. The molecule has 0 N–H and O–H groups in total. The first-order valence-corrected chi connectivity index (χ1v) is 9.09. The topological polar surface area (TPSA) is 54.0 Å². The number of hydrogen-bond donors (Lipinski definition) is 0. The van der Waals surface area contributed by atoms with Crippen LogP contribution >= 0.6 is 0 Å². The van der Waals surface area contributed by atoms with Gasteiger partial charge in [-0.25, -0.2) is 0 Å². The highest BCUT2D eigenvalue weighted by Gasteiger charge is 2.48. The fraction of sp³-hybridized carbons (Fsp3) is 0.944. The fourth-order valence-corrected chi connectivity index (χ4v) is 3.69. The van der Waals surface area contributed by atoms with Crippen LogP contribution in [0.2, 0.25) is 0 Å². The van der Waals surface area contributed by atoms with Gasteiger partial charge in [-0.3, -0.25) is 0 Å². The normalized spacial score (nSPS) is 33.7. The van der Waals surface area contributed by atoms with Gasteiger partial charge in [0.1, 0.15) is 6.10 Å². The van der Waals surface area contributed by atoms with Crippen molar-refractivity contribution in [3.8, 4) is 0 Å². The summed E-state index contributed by atoms with van der Waals surface area (Å²) in [6.45, 7) is 10.9. The van der Waals surface area contributed by atoms with Crippen molar-refractivity contribution in [1.29, 1.82) is 0 Å². The van der Waals surface area contributed by atoms with Gasteiger partial charge < -0.3 is 23.7 Å². The van der Waals surface area contributed by atoms with Gasteiger partial charge in [0, 0.05) is 0 Å². The summed E-state index contributed by atoms with van der Waals surface area (Å²) >= 11 is 0. The van der Waals surface area contributed by atoms with Crippen LogP contribution in [-0.2, 0) is 23.7 Å². The molecule has 5 heteroatoms. The molecule has 0 spiro atoms. The Labute approximate surface area is 140 Å². The van der Waals surface area contributed by atoms with E-state index in [0.29, 0.717) is 6.61 Å². The first-order valence-electron chi connectivity index (χ1n) is 9.09. The number of rotatable bonds is 8. The summed E-state index contributed by atoms with van der Waals surface area (Å²) in [5.74, 6) is -0.880. The third kappa shape index (κ3) is 3.78. The van der Waals surface area contributed by atoms with E-state index in [4.69, 9.17) is 18.9 Å². The standard InChI is InChI=1S/C18H32O5/c1-6-17(7-2)20-12-14(21-17)10-13(5)16-15(11-19)22-18(8-3,9-4)23-16/h11,13-16H,6-10,12H2,1-5H3. The minimum atomic E-state index is -0.617. The highest BCUT2D eigenvalue weighted by atomic mass is 16.8. The Hall–Kier alpha value is -0.490. The summed E-state index contributed by atoms with van der Waals surface area (Å²) in [6.07, 6.45) is 4.23. The largest absolute Gasteiger partial charge is 0.347 e. The first kappa shape index (κ1) is 18.8. The maximum atomic E-state index is 11.4. The van der Waals surface area contributed by atoms with Gasteiger partial charge in [0.15, 0.2) is 17.9 Å². The maximum Gasteiger partial charge on any atom is 0.169 e. The smallest absolute Gasteiger partial charge is 0.169 e. The summed E-state index contributed by atoms with van der Waals surface area (Å²) in [5.41, 5.74) is 0. The van der Waals surface area contributed by atoms with Crippen LogP contribution in [0.25, 0.3) is 0 Å². The minimum absolute atomic E-state index is 0.0547. The average molecular weight is 328 g/mol. The van der Waals surface area contributed by atoms with Crippen LogP contribution in [0.3, 0.4) is 0 Å². The zero-order valence-electron chi connectivity index (χ0n) is 15.2. The minimum Gasteiger partial charge on any atom is -0.347 e. The second kappa shape index (κ2) is 7.60. The van der Waals surface area contributed by atoms with Gasteiger partial charge in [-0.15, -0.1) is 0 Å². The van der Waals surface area contributed by atoms with Crippen molar-refractivity contribution in [3.63, 3.8) is 0 Å². The van der Waals surface area contributed by atoms with E-state index in [2.05, 4.69) is 20.8 Å². The van der Waals surface area contributed by atoms with Crippen LogP contribution in [0.1, 0.15) is 66.7 Å². The summed E-state index contributed by atoms with van der Waals surface area (Å²) in [5, 5.41) is 0. The lowest BCUT2D eigenvalue weighted by molar-refractivity contribution is -0.185. The predicted molar refractivity (Wildman–Crippen MR) is 87.0 cm³/mol. The molecule has 2 saturated heterocycles. The van der Waals surface area contributed by atoms with E-state index in [9.17, 15) is 4.79 Å². The van der Waals surface area contributed by atoms with Crippen LogP contribution < -0.4 is 0 Å². The van der Waals surface area contributed by atoms with Crippen LogP contribution in [0, 0.1) is 5.92 Å².